The zero-order chi connectivity index (χ0) is 24.8. The number of rotatable bonds is 9. The van der Waals surface area contributed by atoms with E-state index in [0.29, 0.717) is 35.0 Å². The molecule has 0 radical (unpaired) electrons. The fourth-order valence-electron chi connectivity index (χ4n) is 3.50. The molecular weight excluding hydrogens is 428 g/mol. The Morgan fingerprint density at radius 1 is 0.941 bits per heavy atom. The number of nitrogens with one attached hydrogen (secondary N) is 1. The molecule has 0 aliphatic heterocycles. The highest BCUT2D eigenvalue weighted by atomic mass is 16.3. The van der Waals surface area contributed by atoms with Gasteiger partial charge in [0.25, 0.3) is 0 Å². The maximum Gasteiger partial charge on any atom is 0.195 e. The number of Topliss-reactive ketones (excluding diaryl/α,β-unsaturated/α-hetero) is 1. The molecular formula is C27H30N4O3. The van der Waals surface area contributed by atoms with E-state index in [4.69, 9.17) is 0 Å². The molecule has 0 bridgehead atoms. The van der Waals surface area contributed by atoms with E-state index in [1.807, 2.05) is 62.3 Å². The first-order chi connectivity index (χ1) is 16.2. The maximum absolute atomic E-state index is 13.5. The summed E-state index contributed by atoms with van der Waals surface area (Å²) in [6, 6.07) is 17.4. The normalized spacial score (nSPS) is 12.6. The molecule has 0 saturated heterocycles. The van der Waals surface area contributed by atoms with Crippen LogP contribution in [0, 0.1) is 6.92 Å². The van der Waals surface area contributed by atoms with Gasteiger partial charge in [-0.25, -0.2) is 0 Å². The minimum Gasteiger partial charge on any atom is -0.504 e. The van der Waals surface area contributed by atoms with Crippen molar-refractivity contribution in [2.75, 3.05) is 24.3 Å². The van der Waals surface area contributed by atoms with Crippen LogP contribution in [0.25, 0.3) is 0 Å². The highest BCUT2D eigenvalue weighted by molar-refractivity contribution is 6.12. The van der Waals surface area contributed by atoms with E-state index in [-0.39, 0.29) is 5.57 Å². The average Bonchev–Trinajstić information content (AvgIpc) is 2.84. The molecule has 0 saturated carbocycles. The maximum atomic E-state index is 13.5. The van der Waals surface area contributed by atoms with Crippen LogP contribution in [0.15, 0.2) is 72.0 Å². The number of aldehydes is 1. The van der Waals surface area contributed by atoms with E-state index in [1.165, 1.54) is 0 Å². The zero-order valence-electron chi connectivity index (χ0n) is 20.1. The second-order valence-electron chi connectivity index (χ2n) is 8.68. The summed E-state index contributed by atoms with van der Waals surface area (Å²) < 4.78 is 0. The number of benzene rings is 2. The Balaban J connectivity index is 2.10. The van der Waals surface area contributed by atoms with Gasteiger partial charge < -0.3 is 15.3 Å². The zero-order valence-corrected chi connectivity index (χ0v) is 20.1. The lowest BCUT2D eigenvalue weighted by atomic mass is 9.89. The molecule has 34 heavy (non-hydrogen) atoms. The summed E-state index contributed by atoms with van der Waals surface area (Å²) in [5, 5.41) is 22.2. The number of aliphatic hydroxyl groups excluding tert-OH is 1. The third-order valence-corrected chi connectivity index (χ3v) is 5.57. The van der Waals surface area contributed by atoms with E-state index < -0.39 is 17.6 Å². The van der Waals surface area contributed by atoms with Gasteiger partial charge in [-0.3, -0.25) is 9.59 Å². The number of aryl methyl sites for hydroxylation is 1. The third kappa shape index (κ3) is 5.67. The van der Waals surface area contributed by atoms with Crippen molar-refractivity contribution >= 4 is 23.7 Å². The van der Waals surface area contributed by atoms with Crippen LogP contribution in [0.5, 0.6) is 0 Å². The van der Waals surface area contributed by atoms with Crippen LogP contribution in [0.3, 0.4) is 0 Å². The molecule has 2 aromatic carbocycles. The monoisotopic (exact) mass is 458 g/mol. The van der Waals surface area contributed by atoms with Crippen LogP contribution in [-0.4, -0.2) is 41.5 Å². The van der Waals surface area contributed by atoms with Crippen molar-refractivity contribution in [2.24, 2.45) is 0 Å². The van der Waals surface area contributed by atoms with Crippen LogP contribution in [0.1, 0.15) is 52.9 Å². The molecule has 0 aliphatic rings. The summed E-state index contributed by atoms with van der Waals surface area (Å²) in [6.45, 7) is 6.11. The summed E-state index contributed by atoms with van der Waals surface area (Å²) in [7, 11) is 3.72. The van der Waals surface area contributed by atoms with E-state index in [9.17, 15) is 14.7 Å². The number of anilines is 2. The molecule has 0 amide bonds. The molecule has 0 fully saturated rings. The second-order valence-corrected chi connectivity index (χ2v) is 8.68. The van der Waals surface area contributed by atoms with Gasteiger partial charge in [0, 0.05) is 19.7 Å². The van der Waals surface area contributed by atoms with E-state index >= 15 is 0 Å². The predicted octanol–water partition coefficient (Wildman–Crippen LogP) is 5.02. The van der Waals surface area contributed by atoms with Gasteiger partial charge in [0.05, 0.1) is 11.6 Å². The largest absolute Gasteiger partial charge is 0.504 e. The van der Waals surface area contributed by atoms with E-state index in [2.05, 4.69) is 29.4 Å². The first kappa shape index (κ1) is 24.6. The first-order valence-corrected chi connectivity index (χ1v) is 11.1. The summed E-state index contributed by atoms with van der Waals surface area (Å²) in [6.07, 6.45) is 0.291. The van der Waals surface area contributed by atoms with Crippen LogP contribution < -0.4 is 10.2 Å². The third-order valence-electron chi connectivity index (χ3n) is 5.57. The number of aromatic nitrogens is 2. The number of hydrogen-bond donors (Lipinski definition) is 2. The standard InChI is InChI=1S/C27H30N4O3/c1-17(2)19-10-12-20(13-11-19)26(28-23-14-15-24(30-29-23)31(4)5)25(22(33)16-32)27(34)21-8-6-18(3)7-9-21/h6-17,26,33H,1-5H3,(H,28,29)/b25-22-. The lowest BCUT2D eigenvalue weighted by molar-refractivity contribution is -0.107. The van der Waals surface area contributed by atoms with Crippen molar-refractivity contribution in [3.8, 4) is 0 Å². The smallest absolute Gasteiger partial charge is 0.195 e. The number of allylic oxidation sites excluding steroid dienone is 1. The molecule has 3 aromatic rings. The fourth-order valence-corrected chi connectivity index (χ4v) is 3.50. The molecule has 2 N–H and O–H groups in total. The highest BCUT2D eigenvalue weighted by Gasteiger charge is 2.28. The number of aliphatic hydroxyl groups is 1. The summed E-state index contributed by atoms with van der Waals surface area (Å²) in [5.41, 5.74) is 3.14. The number of carbonyl (C=O) groups excluding carboxylic acids is 2. The van der Waals surface area contributed by atoms with Gasteiger partial charge in [-0.05, 0) is 36.1 Å². The quantitative estimate of drug-likeness (QED) is 0.201. The number of hydrogen-bond acceptors (Lipinski definition) is 7. The fraction of sp³-hybridized carbons (Fsp3) is 0.259. The summed E-state index contributed by atoms with van der Waals surface area (Å²) in [5.74, 6) is 0.321. The van der Waals surface area contributed by atoms with Crippen molar-refractivity contribution in [3.63, 3.8) is 0 Å². The van der Waals surface area contributed by atoms with Crippen molar-refractivity contribution in [3.05, 3.63) is 94.2 Å². The van der Waals surface area contributed by atoms with Gasteiger partial charge in [-0.15, -0.1) is 10.2 Å². The molecule has 1 aromatic heterocycles. The Morgan fingerprint density at radius 3 is 2.06 bits per heavy atom. The van der Waals surface area contributed by atoms with Crippen LogP contribution in [0.4, 0.5) is 11.6 Å². The van der Waals surface area contributed by atoms with E-state index in [1.54, 1.807) is 24.3 Å². The number of nitrogens with zero attached hydrogens (tertiary/aromatic N) is 3. The van der Waals surface area contributed by atoms with Crippen molar-refractivity contribution in [2.45, 2.75) is 32.7 Å². The van der Waals surface area contributed by atoms with Gasteiger partial charge in [0.1, 0.15) is 5.82 Å². The first-order valence-electron chi connectivity index (χ1n) is 11.1. The minimum absolute atomic E-state index is 0.0605. The number of carbonyl (C=O) groups is 2. The van der Waals surface area contributed by atoms with Crippen LogP contribution >= 0.6 is 0 Å². The Bertz CT molecular complexity index is 1170. The molecule has 7 nitrogen and oxygen atoms in total. The highest BCUT2D eigenvalue weighted by Crippen LogP contribution is 2.31. The van der Waals surface area contributed by atoms with Gasteiger partial charge in [0.2, 0.25) is 0 Å². The molecule has 0 aliphatic carbocycles. The molecule has 1 atom stereocenters. The average molecular weight is 459 g/mol. The Labute approximate surface area is 200 Å². The SMILES string of the molecule is Cc1ccc(C(=O)/C(=C(\O)C=O)C(Nc2ccc(N(C)C)nn2)c2ccc(C(C)C)cc2)cc1. The Morgan fingerprint density at radius 2 is 1.56 bits per heavy atom. The minimum atomic E-state index is -0.834. The van der Waals surface area contributed by atoms with Gasteiger partial charge in [-0.2, -0.15) is 0 Å². The predicted molar refractivity (Wildman–Crippen MR) is 134 cm³/mol. The molecule has 3 rings (SSSR count). The van der Waals surface area contributed by atoms with Crippen LogP contribution in [0.2, 0.25) is 0 Å². The molecule has 1 heterocycles. The Hall–Kier alpha value is -4.00. The second kappa shape index (κ2) is 10.7. The Kier molecular flexibility index (Phi) is 7.79. The lowest BCUT2D eigenvalue weighted by Crippen LogP contribution is -2.23. The van der Waals surface area contributed by atoms with Crippen molar-refractivity contribution in [1.29, 1.82) is 0 Å². The number of ketones is 1. The molecule has 0 spiro atoms. The lowest BCUT2D eigenvalue weighted by Gasteiger charge is -2.23. The van der Waals surface area contributed by atoms with Crippen molar-refractivity contribution < 1.29 is 14.7 Å². The van der Waals surface area contributed by atoms with Crippen molar-refractivity contribution in [1.82, 2.24) is 10.2 Å². The van der Waals surface area contributed by atoms with Gasteiger partial charge >= 0.3 is 0 Å². The van der Waals surface area contributed by atoms with Gasteiger partial charge in [-0.1, -0.05) is 67.9 Å². The van der Waals surface area contributed by atoms with Gasteiger partial charge in [0.15, 0.2) is 23.6 Å². The van der Waals surface area contributed by atoms with E-state index in [0.717, 1.165) is 11.1 Å². The van der Waals surface area contributed by atoms with Crippen LogP contribution in [-0.2, 0) is 4.79 Å². The summed E-state index contributed by atoms with van der Waals surface area (Å²) in [4.78, 5) is 27.0. The topological polar surface area (TPSA) is 95.4 Å². The molecule has 7 heteroatoms. The molecule has 176 valence electrons. The molecule has 1 unspecified atom stereocenters. The summed E-state index contributed by atoms with van der Waals surface area (Å²) >= 11 is 0.